The molecule has 5 heterocycles. The van der Waals surface area contributed by atoms with Gasteiger partial charge in [-0.15, -0.1) is 0 Å². The molecule has 5 aromatic rings. The zero-order valence-corrected chi connectivity index (χ0v) is 56.5. The van der Waals surface area contributed by atoms with E-state index in [-0.39, 0.29) is 33.3 Å². The predicted molar refractivity (Wildman–Crippen MR) is 359 cm³/mol. The maximum absolute atomic E-state index is 14.4. The number of rotatable bonds is 6. The summed E-state index contributed by atoms with van der Waals surface area (Å²) in [7, 11) is 0. The Hall–Kier alpha value is -5.40. The van der Waals surface area contributed by atoms with Crippen molar-refractivity contribution in [1.29, 1.82) is 0 Å². The highest BCUT2D eigenvalue weighted by atomic mass is 35.5. The normalized spacial score (nSPS) is 15.0. The van der Waals surface area contributed by atoms with E-state index >= 15 is 0 Å². The van der Waals surface area contributed by atoms with E-state index in [4.69, 9.17) is 26.6 Å². The SMILES string of the molecule is CC(C)C1=Nc2c(ccc(C(C)(C)C)c2Cl)C1.CC(C)C1=Nc2c(ccc(C(C)(C)C)c2F)C1.CC(C)C1=Nc2cc(C(C)(C)C)c(F)cc2C1.CC(C)C1=Nc2cc(C(C)(C)C)ccc2C1.Cc1c(C(C)C)ccc2c1N=C(C(C)C)C2. The fraction of sp³-hybridized carbons (Fsp3) is 0.533. The van der Waals surface area contributed by atoms with Crippen LogP contribution >= 0.6 is 11.6 Å². The second kappa shape index (κ2) is 26.1. The minimum Gasteiger partial charge on any atom is -0.257 e. The molecule has 0 spiro atoms. The van der Waals surface area contributed by atoms with Crippen molar-refractivity contribution in [3.8, 4) is 0 Å². The monoisotopic (exact) mass is 1150 g/mol. The quantitative estimate of drug-likeness (QED) is 0.163. The Morgan fingerprint density at radius 2 is 0.747 bits per heavy atom. The summed E-state index contributed by atoms with van der Waals surface area (Å²) >= 11 is 6.50. The van der Waals surface area contributed by atoms with Crippen LogP contribution in [0.15, 0.2) is 91.7 Å². The van der Waals surface area contributed by atoms with Crippen LogP contribution < -0.4 is 0 Å². The Morgan fingerprint density at radius 3 is 1.20 bits per heavy atom. The Labute approximate surface area is 506 Å². The van der Waals surface area contributed by atoms with Gasteiger partial charge in [0.25, 0.3) is 0 Å². The van der Waals surface area contributed by atoms with Crippen LogP contribution in [0.25, 0.3) is 0 Å². The first-order valence-corrected chi connectivity index (χ1v) is 31.3. The maximum Gasteiger partial charge on any atom is 0.152 e. The zero-order valence-electron chi connectivity index (χ0n) is 55.7. The highest BCUT2D eigenvalue weighted by molar-refractivity contribution is 6.34. The van der Waals surface area contributed by atoms with E-state index in [1.54, 1.807) is 6.07 Å². The molecule has 0 saturated carbocycles. The third-order valence-electron chi connectivity index (χ3n) is 16.6. The lowest BCUT2D eigenvalue weighted by Gasteiger charge is -2.21. The fourth-order valence-corrected chi connectivity index (χ4v) is 11.4. The van der Waals surface area contributed by atoms with Crippen molar-refractivity contribution in [2.24, 2.45) is 54.6 Å². The summed E-state index contributed by atoms with van der Waals surface area (Å²) in [6.07, 6.45) is 4.64. The van der Waals surface area contributed by atoms with Crippen molar-refractivity contribution >= 4 is 68.6 Å². The molecule has 5 aromatic carbocycles. The topological polar surface area (TPSA) is 61.8 Å². The van der Waals surface area contributed by atoms with Crippen LogP contribution in [0.2, 0.25) is 5.02 Å². The largest absolute Gasteiger partial charge is 0.257 e. The molecule has 83 heavy (non-hydrogen) atoms. The summed E-state index contributed by atoms with van der Waals surface area (Å²) in [6.45, 7) is 53.9. The lowest BCUT2D eigenvalue weighted by Crippen LogP contribution is -2.13. The fourth-order valence-electron chi connectivity index (χ4n) is 10.9. The summed E-state index contributed by atoms with van der Waals surface area (Å²) in [5, 5.41) is 0.839. The zero-order chi connectivity index (χ0) is 62.2. The van der Waals surface area contributed by atoms with E-state index in [2.05, 4.69) is 184 Å². The number of aliphatic imine (C=N–C) groups is 5. The molecule has 5 aliphatic rings. The second-order valence-electron chi connectivity index (χ2n) is 29.8. The van der Waals surface area contributed by atoms with Crippen LogP contribution in [0.4, 0.5) is 37.2 Å². The van der Waals surface area contributed by atoms with Gasteiger partial charge in [-0.25, -0.2) is 8.78 Å². The van der Waals surface area contributed by atoms with Crippen LogP contribution in [-0.4, -0.2) is 28.6 Å². The molecule has 8 heteroatoms. The van der Waals surface area contributed by atoms with Gasteiger partial charge in [0, 0.05) is 60.7 Å². The molecule has 0 saturated heterocycles. The van der Waals surface area contributed by atoms with E-state index < -0.39 is 0 Å². The summed E-state index contributed by atoms with van der Waals surface area (Å²) in [5.74, 6) is 2.80. The first-order chi connectivity index (χ1) is 38.3. The van der Waals surface area contributed by atoms with Gasteiger partial charge in [-0.1, -0.05) is 226 Å². The van der Waals surface area contributed by atoms with Crippen molar-refractivity contribution < 1.29 is 8.78 Å². The number of fused-ring (bicyclic) bond motifs is 5. The van der Waals surface area contributed by atoms with Crippen molar-refractivity contribution in [1.82, 2.24) is 0 Å². The molecule has 0 N–H and O–H groups in total. The molecule has 10 rings (SSSR count). The van der Waals surface area contributed by atoms with Crippen LogP contribution in [0.1, 0.15) is 233 Å². The molecule has 0 fully saturated rings. The lowest BCUT2D eigenvalue weighted by atomic mass is 9.85. The third-order valence-corrected chi connectivity index (χ3v) is 17.0. The highest BCUT2D eigenvalue weighted by Crippen LogP contribution is 2.43. The summed E-state index contributed by atoms with van der Waals surface area (Å²) in [6, 6.07) is 23.1. The van der Waals surface area contributed by atoms with Gasteiger partial charge in [-0.3, -0.25) is 25.0 Å². The van der Waals surface area contributed by atoms with Gasteiger partial charge in [0.1, 0.15) is 11.5 Å². The molecule has 0 radical (unpaired) electrons. The van der Waals surface area contributed by atoms with Gasteiger partial charge < -0.3 is 0 Å². The molecule has 5 nitrogen and oxygen atoms in total. The molecule has 0 atom stereocenters. The summed E-state index contributed by atoms with van der Waals surface area (Å²) in [5.41, 5.74) is 24.1. The predicted octanol–water partition coefficient (Wildman–Crippen LogP) is 22.4. The summed E-state index contributed by atoms with van der Waals surface area (Å²) < 4.78 is 28.4. The first kappa shape index (κ1) is 66.7. The third kappa shape index (κ3) is 16.1. The number of benzene rings is 5. The van der Waals surface area contributed by atoms with E-state index in [0.29, 0.717) is 41.2 Å². The number of halogens is 3. The maximum atomic E-state index is 14.4. The highest BCUT2D eigenvalue weighted by Gasteiger charge is 2.29. The van der Waals surface area contributed by atoms with Gasteiger partial charge in [0.15, 0.2) is 5.82 Å². The Balaban J connectivity index is 0.000000167. The number of hydrogen-bond acceptors (Lipinski definition) is 5. The van der Waals surface area contributed by atoms with Gasteiger partial charge >= 0.3 is 0 Å². The van der Waals surface area contributed by atoms with E-state index in [1.807, 2.05) is 59.7 Å². The van der Waals surface area contributed by atoms with E-state index in [9.17, 15) is 8.78 Å². The summed E-state index contributed by atoms with van der Waals surface area (Å²) in [4.78, 5) is 23.3. The van der Waals surface area contributed by atoms with E-state index in [1.165, 1.54) is 67.5 Å². The Morgan fingerprint density at radius 1 is 0.373 bits per heavy atom. The number of nitrogens with zero attached hydrogens (tertiary/aromatic N) is 5. The Bertz CT molecular complexity index is 3240. The molecule has 0 unspecified atom stereocenters. The van der Waals surface area contributed by atoms with Gasteiger partial charge in [0.2, 0.25) is 0 Å². The van der Waals surface area contributed by atoms with Crippen molar-refractivity contribution in [3.05, 3.63) is 145 Å². The minimum atomic E-state index is -0.171. The molecule has 448 valence electrons. The smallest absolute Gasteiger partial charge is 0.152 e. The van der Waals surface area contributed by atoms with Crippen molar-refractivity contribution in [2.75, 3.05) is 0 Å². The van der Waals surface area contributed by atoms with Crippen LogP contribution in [0.3, 0.4) is 0 Å². The molecular formula is C75H102ClF2N5. The minimum absolute atomic E-state index is 0.0716. The van der Waals surface area contributed by atoms with E-state index in [0.717, 1.165) is 82.2 Å². The molecule has 0 aromatic heterocycles. The molecule has 0 bridgehead atoms. The van der Waals surface area contributed by atoms with Crippen LogP contribution in [0.5, 0.6) is 0 Å². The standard InChI is InChI=1S/C15H20ClN.2C15H20FN.2C15H21N/c1-9(2)12-8-10-6-7-11(15(3,4)5)13(16)14(10)17-12;1-9(2)13-7-10-6-12(16)11(15(3,4)5)8-14(10)17-13;1-9(2)12-8-10-6-7-11(15(3,4)5)13(16)14(10)17-12;1-10(2)13-8-11-6-7-12(15(3,4)5)9-14(11)16-13;1-9(2)13-7-6-12-8-14(10(3)4)16-15(12)11(13)5/h6-7,9H,8H2,1-5H3;6,8-9H,7H2,1-5H3;6-7,9H,8H2,1-5H3;2*6-7,9-10H,8H2,1-5H3. The molecule has 0 aliphatic carbocycles. The Kier molecular flexibility index (Phi) is 21.0. The van der Waals surface area contributed by atoms with Crippen LogP contribution in [-0.2, 0) is 53.8 Å². The molecule has 0 amide bonds. The van der Waals surface area contributed by atoms with Crippen LogP contribution in [0, 0.1) is 48.1 Å². The van der Waals surface area contributed by atoms with Gasteiger partial charge in [-0.05, 0) is 143 Å². The van der Waals surface area contributed by atoms with Crippen molar-refractivity contribution in [2.45, 2.75) is 233 Å². The average molecular weight is 1150 g/mol. The molecular weight excluding hydrogens is 1040 g/mol. The lowest BCUT2D eigenvalue weighted by molar-refractivity contribution is 0.522. The van der Waals surface area contributed by atoms with Gasteiger partial charge in [-0.2, -0.15) is 0 Å². The molecule has 5 aliphatic heterocycles. The second-order valence-corrected chi connectivity index (χ2v) is 30.2. The average Bonchev–Trinajstić information content (AvgIpc) is 4.46. The van der Waals surface area contributed by atoms with Crippen molar-refractivity contribution in [3.63, 3.8) is 0 Å². The van der Waals surface area contributed by atoms with Gasteiger partial charge in [0.05, 0.1) is 27.8 Å². The first-order valence-electron chi connectivity index (χ1n) is 30.9. The number of hydrogen-bond donors (Lipinski definition) is 0.